The average molecular weight is 245 g/mol. The standard InChI is InChI=1S/C9H19NO3S.Na.H/c1-8(2)10-14(11,12)13-9-6-4-3-5-7-9;;/h8-10H,3-7H2,1-2H3;;. The van der Waals surface area contributed by atoms with E-state index >= 15 is 0 Å². The van der Waals surface area contributed by atoms with Crippen LogP contribution in [0, 0.1) is 0 Å². The molecule has 0 bridgehead atoms. The van der Waals surface area contributed by atoms with Gasteiger partial charge >= 0.3 is 39.9 Å². The SMILES string of the molecule is CC(C)NS(=O)(=O)OC1CCCCC1.[NaH]. The summed E-state index contributed by atoms with van der Waals surface area (Å²) in [6.45, 7) is 3.56. The van der Waals surface area contributed by atoms with Crippen LogP contribution >= 0.6 is 0 Å². The Morgan fingerprint density at radius 1 is 1.20 bits per heavy atom. The molecule has 15 heavy (non-hydrogen) atoms. The van der Waals surface area contributed by atoms with E-state index in [1.807, 2.05) is 0 Å². The van der Waals surface area contributed by atoms with E-state index in [2.05, 4.69) is 4.72 Å². The fraction of sp³-hybridized carbons (Fsp3) is 1.00. The number of nitrogens with one attached hydrogen (secondary N) is 1. The first-order chi connectivity index (χ1) is 6.49. The maximum absolute atomic E-state index is 11.4. The molecule has 0 aromatic heterocycles. The third-order valence-corrected chi connectivity index (χ3v) is 3.48. The number of hydrogen-bond acceptors (Lipinski definition) is 3. The van der Waals surface area contributed by atoms with Crippen molar-refractivity contribution in [1.82, 2.24) is 4.72 Å². The maximum atomic E-state index is 11.4. The van der Waals surface area contributed by atoms with Gasteiger partial charge in [0.15, 0.2) is 0 Å². The Hall–Kier alpha value is 0.870. The van der Waals surface area contributed by atoms with Gasteiger partial charge in [-0.15, -0.1) is 0 Å². The molecular formula is C9H20NNaO3S. The monoisotopic (exact) mass is 245 g/mol. The van der Waals surface area contributed by atoms with E-state index in [9.17, 15) is 8.42 Å². The normalized spacial score (nSPS) is 18.9. The molecule has 1 fully saturated rings. The Morgan fingerprint density at radius 3 is 2.20 bits per heavy atom. The molecule has 0 heterocycles. The second-order valence-electron chi connectivity index (χ2n) is 4.08. The molecule has 0 unspecified atom stereocenters. The molecule has 1 aliphatic rings. The van der Waals surface area contributed by atoms with Gasteiger partial charge in [0.25, 0.3) is 0 Å². The van der Waals surface area contributed by atoms with Crippen molar-refractivity contribution in [3.8, 4) is 0 Å². The summed E-state index contributed by atoms with van der Waals surface area (Å²) in [4.78, 5) is 0. The average Bonchev–Trinajstić information content (AvgIpc) is 2.02. The summed E-state index contributed by atoms with van der Waals surface area (Å²) < 4.78 is 30.2. The number of rotatable bonds is 4. The zero-order valence-corrected chi connectivity index (χ0v) is 9.64. The van der Waals surface area contributed by atoms with Gasteiger partial charge in [0, 0.05) is 6.04 Å². The van der Waals surface area contributed by atoms with Crippen molar-refractivity contribution >= 4 is 39.9 Å². The molecule has 0 aromatic rings. The predicted molar refractivity (Wildman–Crippen MR) is 62.3 cm³/mol. The Bertz CT molecular complexity index is 261. The van der Waals surface area contributed by atoms with Crippen molar-refractivity contribution in [2.24, 2.45) is 0 Å². The molecule has 1 N–H and O–H groups in total. The fourth-order valence-electron chi connectivity index (χ4n) is 1.66. The molecule has 86 valence electrons. The minimum absolute atomic E-state index is 0. The fourth-order valence-corrected chi connectivity index (χ4v) is 2.84. The topological polar surface area (TPSA) is 55.4 Å². The molecule has 0 atom stereocenters. The third-order valence-electron chi connectivity index (χ3n) is 2.20. The summed E-state index contributed by atoms with van der Waals surface area (Å²) in [7, 11) is -3.53. The van der Waals surface area contributed by atoms with Gasteiger partial charge in [-0.2, -0.15) is 13.1 Å². The van der Waals surface area contributed by atoms with E-state index in [0.717, 1.165) is 25.7 Å². The first kappa shape index (κ1) is 15.9. The van der Waals surface area contributed by atoms with Crippen LogP contribution in [0.15, 0.2) is 0 Å². The van der Waals surface area contributed by atoms with Crippen molar-refractivity contribution in [3.63, 3.8) is 0 Å². The molecule has 4 nitrogen and oxygen atoms in total. The first-order valence-electron chi connectivity index (χ1n) is 5.20. The van der Waals surface area contributed by atoms with E-state index in [1.165, 1.54) is 6.42 Å². The van der Waals surface area contributed by atoms with E-state index in [-0.39, 0.29) is 41.7 Å². The van der Waals surface area contributed by atoms with Gasteiger partial charge in [-0.25, -0.2) is 0 Å². The summed E-state index contributed by atoms with van der Waals surface area (Å²) in [5.74, 6) is 0. The van der Waals surface area contributed by atoms with Crippen LogP contribution in [0.1, 0.15) is 46.0 Å². The third kappa shape index (κ3) is 6.92. The van der Waals surface area contributed by atoms with Crippen LogP contribution in [0.4, 0.5) is 0 Å². The first-order valence-corrected chi connectivity index (χ1v) is 6.61. The molecule has 0 spiro atoms. The zero-order valence-electron chi connectivity index (χ0n) is 8.82. The molecule has 0 saturated heterocycles. The Kier molecular flexibility index (Phi) is 7.67. The van der Waals surface area contributed by atoms with Crippen LogP contribution in [0.3, 0.4) is 0 Å². The molecule has 1 saturated carbocycles. The zero-order chi connectivity index (χ0) is 10.6. The molecule has 0 radical (unpaired) electrons. The van der Waals surface area contributed by atoms with Crippen molar-refractivity contribution in [2.45, 2.75) is 58.1 Å². The Balaban J connectivity index is 0.00000196. The summed E-state index contributed by atoms with van der Waals surface area (Å²) in [5.41, 5.74) is 0. The van der Waals surface area contributed by atoms with Gasteiger partial charge in [-0.1, -0.05) is 19.3 Å². The number of hydrogen-bond donors (Lipinski definition) is 1. The summed E-state index contributed by atoms with van der Waals surface area (Å²) in [6.07, 6.45) is 4.94. The van der Waals surface area contributed by atoms with E-state index < -0.39 is 10.3 Å². The Morgan fingerprint density at radius 2 is 1.73 bits per heavy atom. The summed E-state index contributed by atoms with van der Waals surface area (Å²) >= 11 is 0. The van der Waals surface area contributed by atoms with Crippen LogP contribution in [-0.4, -0.2) is 50.1 Å². The van der Waals surface area contributed by atoms with E-state index in [1.54, 1.807) is 13.8 Å². The van der Waals surface area contributed by atoms with Gasteiger partial charge in [-0.05, 0) is 26.7 Å². The van der Waals surface area contributed by atoms with Gasteiger partial charge < -0.3 is 0 Å². The van der Waals surface area contributed by atoms with Crippen molar-refractivity contribution in [1.29, 1.82) is 0 Å². The molecule has 1 aliphatic carbocycles. The van der Waals surface area contributed by atoms with Gasteiger partial charge in [0.2, 0.25) is 0 Å². The van der Waals surface area contributed by atoms with Crippen LogP contribution in [0.5, 0.6) is 0 Å². The van der Waals surface area contributed by atoms with Crippen LogP contribution in [0.2, 0.25) is 0 Å². The predicted octanol–water partition coefficient (Wildman–Crippen LogP) is 0.930. The van der Waals surface area contributed by atoms with Crippen molar-refractivity contribution in [3.05, 3.63) is 0 Å². The van der Waals surface area contributed by atoms with Crippen LogP contribution in [-0.2, 0) is 14.5 Å². The van der Waals surface area contributed by atoms with Crippen molar-refractivity contribution in [2.75, 3.05) is 0 Å². The second kappa shape index (κ2) is 7.25. The second-order valence-corrected chi connectivity index (χ2v) is 5.42. The minimum atomic E-state index is -3.53. The van der Waals surface area contributed by atoms with Crippen molar-refractivity contribution < 1.29 is 12.6 Å². The van der Waals surface area contributed by atoms with Crippen LogP contribution in [0.25, 0.3) is 0 Å². The summed E-state index contributed by atoms with van der Waals surface area (Å²) in [5, 5.41) is 0. The van der Waals surface area contributed by atoms with E-state index in [0.29, 0.717) is 0 Å². The summed E-state index contributed by atoms with van der Waals surface area (Å²) in [6, 6.07) is -0.108. The Labute approximate surface area is 115 Å². The van der Waals surface area contributed by atoms with Gasteiger partial charge in [0.1, 0.15) is 0 Å². The molecule has 0 aliphatic heterocycles. The molecule has 6 heteroatoms. The van der Waals surface area contributed by atoms with Gasteiger partial charge in [0.05, 0.1) is 6.10 Å². The quantitative estimate of drug-likeness (QED) is 0.750. The molecule has 0 amide bonds. The molecule has 0 aromatic carbocycles. The molecular weight excluding hydrogens is 225 g/mol. The molecule has 1 rings (SSSR count). The van der Waals surface area contributed by atoms with Gasteiger partial charge in [-0.3, -0.25) is 4.18 Å². The van der Waals surface area contributed by atoms with Crippen LogP contribution < -0.4 is 4.72 Å². The van der Waals surface area contributed by atoms with E-state index in [4.69, 9.17) is 4.18 Å².